The summed E-state index contributed by atoms with van der Waals surface area (Å²) in [7, 11) is 0. The van der Waals surface area contributed by atoms with Gasteiger partial charge in [-0.25, -0.2) is 4.98 Å². The van der Waals surface area contributed by atoms with E-state index in [1.807, 2.05) is 25.1 Å². The van der Waals surface area contributed by atoms with Gasteiger partial charge in [0.2, 0.25) is 0 Å². The van der Waals surface area contributed by atoms with E-state index in [9.17, 15) is 9.59 Å². The first-order chi connectivity index (χ1) is 13.7. The van der Waals surface area contributed by atoms with E-state index in [-0.39, 0.29) is 23.8 Å². The number of hydrogen-bond donors (Lipinski definition) is 2. The zero-order chi connectivity index (χ0) is 19.8. The fourth-order valence-corrected chi connectivity index (χ4v) is 2.49. The second kappa shape index (κ2) is 9.27. The highest BCUT2D eigenvalue weighted by atomic mass is 16.5. The number of nitrogens with one attached hydrogen (secondary N) is 2. The van der Waals surface area contributed by atoms with Gasteiger partial charge in [0.1, 0.15) is 17.1 Å². The zero-order valence-electron chi connectivity index (χ0n) is 15.4. The molecule has 0 radical (unpaired) electrons. The van der Waals surface area contributed by atoms with E-state index < -0.39 is 5.91 Å². The Morgan fingerprint density at radius 2 is 1.68 bits per heavy atom. The van der Waals surface area contributed by atoms with Gasteiger partial charge in [-0.2, -0.15) is 0 Å². The normalized spacial score (nSPS) is 10.2. The number of pyridine rings is 2. The molecule has 7 heteroatoms. The van der Waals surface area contributed by atoms with Crippen LogP contribution in [0.1, 0.15) is 33.6 Å². The Hall–Kier alpha value is -3.74. The summed E-state index contributed by atoms with van der Waals surface area (Å²) in [6, 6.07) is 17.3. The maximum absolute atomic E-state index is 12.6. The number of aromatic nitrogens is 2. The molecule has 2 aromatic heterocycles. The summed E-state index contributed by atoms with van der Waals surface area (Å²) in [4.78, 5) is 33.2. The van der Waals surface area contributed by atoms with Gasteiger partial charge in [-0.1, -0.05) is 24.3 Å². The molecule has 3 aromatic rings. The zero-order valence-corrected chi connectivity index (χ0v) is 15.4. The number of nitrogens with zero attached hydrogens (tertiary/aromatic N) is 2. The molecular formula is C21H20N4O3. The Balaban J connectivity index is 1.68. The topological polar surface area (TPSA) is 93.2 Å². The molecule has 0 fully saturated rings. The highest BCUT2D eigenvalue weighted by Crippen LogP contribution is 2.24. The molecule has 0 saturated heterocycles. The number of carbonyl (C=O) groups excluding carboxylic acids is 2. The predicted molar refractivity (Wildman–Crippen MR) is 105 cm³/mol. The van der Waals surface area contributed by atoms with E-state index in [2.05, 4.69) is 20.6 Å². The molecule has 0 atom stereocenters. The molecule has 0 aliphatic heterocycles. The number of rotatable bonds is 7. The molecule has 7 nitrogen and oxygen atoms in total. The van der Waals surface area contributed by atoms with E-state index in [0.717, 1.165) is 5.69 Å². The number of para-hydroxylation sites is 2. The molecule has 2 heterocycles. The molecular weight excluding hydrogens is 356 g/mol. The molecule has 1 aromatic carbocycles. The van der Waals surface area contributed by atoms with Gasteiger partial charge < -0.3 is 15.4 Å². The van der Waals surface area contributed by atoms with Crippen LogP contribution in [0.3, 0.4) is 0 Å². The summed E-state index contributed by atoms with van der Waals surface area (Å²) in [6.07, 6.45) is 1.66. The summed E-state index contributed by atoms with van der Waals surface area (Å²) >= 11 is 0. The smallest absolute Gasteiger partial charge is 0.274 e. The van der Waals surface area contributed by atoms with Crippen LogP contribution in [0.2, 0.25) is 0 Å². The van der Waals surface area contributed by atoms with Crippen LogP contribution >= 0.6 is 0 Å². The Labute approximate surface area is 162 Å². The van der Waals surface area contributed by atoms with Crippen LogP contribution in [0, 0.1) is 0 Å². The number of benzene rings is 1. The summed E-state index contributed by atoms with van der Waals surface area (Å²) in [6.45, 7) is 2.63. The number of ether oxygens (including phenoxy) is 1. The van der Waals surface area contributed by atoms with E-state index in [4.69, 9.17) is 4.74 Å². The lowest BCUT2D eigenvalue weighted by atomic mass is 10.2. The summed E-state index contributed by atoms with van der Waals surface area (Å²) in [5.74, 6) is -0.232. The average molecular weight is 376 g/mol. The largest absolute Gasteiger partial charge is 0.492 e. The summed E-state index contributed by atoms with van der Waals surface area (Å²) < 4.78 is 5.50. The van der Waals surface area contributed by atoms with Gasteiger partial charge >= 0.3 is 0 Å². The predicted octanol–water partition coefficient (Wildman–Crippen LogP) is 3.06. The Bertz CT molecular complexity index is 961. The molecule has 2 amide bonds. The van der Waals surface area contributed by atoms with Crippen molar-refractivity contribution in [2.24, 2.45) is 0 Å². The molecule has 0 unspecified atom stereocenters. The van der Waals surface area contributed by atoms with Crippen LogP contribution in [-0.2, 0) is 6.54 Å². The molecule has 3 rings (SSSR count). The Kier molecular flexibility index (Phi) is 6.30. The highest BCUT2D eigenvalue weighted by molar-refractivity contribution is 6.04. The third kappa shape index (κ3) is 4.91. The van der Waals surface area contributed by atoms with Gasteiger partial charge in [-0.15, -0.1) is 0 Å². The second-order valence-corrected chi connectivity index (χ2v) is 5.80. The minimum atomic E-state index is -0.425. The van der Waals surface area contributed by atoms with Crippen LogP contribution in [0.4, 0.5) is 5.69 Å². The first-order valence-electron chi connectivity index (χ1n) is 8.85. The molecule has 2 N–H and O–H groups in total. The number of hydrogen-bond acceptors (Lipinski definition) is 5. The lowest BCUT2D eigenvalue weighted by molar-refractivity contribution is 0.0945. The maximum atomic E-state index is 12.6. The van der Waals surface area contributed by atoms with Crippen molar-refractivity contribution in [3.8, 4) is 5.75 Å². The standard InChI is InChI=1S/C21H20N4O3/c1-2-28-19-12-4-3-9-16(19)25-21(27)18-11-7-10-17(24-18)20(26)23-14-15-8-5-6-13-22-15/h3-13H,2,14H2,1H3,(H,23,26)(H,25,27). The van der Waals surface area contributed by atoms with Crippen molar-refractivity contribution in [3.63, 3.8) is 0 Å². The number of amides is 2. The molecule has 0 bridgehead atoms. The number of carbonyl (C=O) groups is 2. The van der Waals surface area contributed by atoms with Crippen molar-refractivity contribution in [2.75, 3.05) is 11.9 Å². The Morgan fingerprint density at radius 3 is 2.43 bits per heavy atom. The minimum absolute atomic E-state index is 0.136. The maximum Gasteiger partial charge on any atom is 0.274 e. The molecule has 0 aliphatic rings. The van der Waals surface area contributed by atoms with Crippen LogP contribution in [0.5, 0.6) is 5.75 Å². The van der Waals surface area contributed by atoms with Crippen LogP contribution in [-0.4, -0.2) is 28.4 Å². The van der Waals surface area contributed by atoms with Crippen molar-refractivity contribution in [1.82, 2.24) is 15.3 Å². The van der Waals surface area contributed by atoms with E-state index in [1.165, 1.54) is 0 Å². The summed E-state index contributed by atoms with van der Waals surface area (Å²) in [5, 5.41) is 5.51. The van der Waals surface area contributed by atoms with Crippen molar-refractivity contribution in [3.05, 3.63) is 83.9 Å². The van der Waals surface area contributed by atoms with Gasteiger partial charge in [0.15, 0.2) is 0 Å². The first-order valence-corrected chi connectivity index (χ1v) is 8.85. The fourth-order valence-electron chi connectivity index (χ4n) is 2.49. The van der Waals surface area contributed by atoms with Crippen molar-refractivity contribution in [1.29, 1.82) is 0 Å². The molecule has 0 saturated carbocycles. The van der Waals surface area contributed by atoms with Crippen LogP contribution < -0.4 is 15.4 Å². The first kappa shape index (κ1) is 19.0. The number of anilines is 1. The van der Waals surface area contributed by atoms with Crippen LogP contribution in [0.15, 0.2) is 66.9 Å². The lowest BCUT2D eigenvalue weighted by Gasteiger charge is -2.11. The second-order valence-electron chi connectivity index (χ2n) is 5.80. The minimum Gasteiger partial charge on any atom is -0.492 e. The highest BCUT2D eigenvalue weighted by Gasteiger charge is 2.14. The van der Waals surface area contributed by atoms with E-state index >= 15 is 0 Å². The van der Waals surface area contributed by atoms with Gasteiger partial charge in [-0.05, 0) is 43.3 Å². The van der Waals surface area contributed by atoms with Gasteiger partial charge in [-0.3, -0.25) is 14.6 Å². The monoisotopic (exact) mass is 376 g/mol. The van der Waals surface area contributed by atoms with Crippen molar-refractivity contribution in [2.45, 2.75) is 13.5 Å². The average Bonchev–Trinajstić information content (AvgIpc) is 2.74. The van der Waals surface area contributed by atoms with E-state index in [0.29, 0.717) is 18.0 Å². The van der Waals surface area contributed by atoms with Crippen LogP contribution in [0.25, 0.3) is 0 Å². The van der Waals surface area contributed by atoms with Crippen molar-refractivity contribution >= 4 is 17.5 Å². The lowest BCUT2D eigenvalue weighted by Crippen LogP contribution is -2.25. The fraction of sp³-hybridized carbons (Fsp3) is 0.143. The summed E-state index contributed by atoms with van der Waals surface area (Å²) in [5.41, 5.74) is 1.57. The molecule has 142 valence electrons. The molecule has 28 heavy (non-hydrogen) atoms. The van der Waals surface area contributed by atoms with Gasteiger partial charge in [0, 0.05) is 6.20 Å². The van der Waals surface area contributed by atoms with Gasteiger partial charge in [0.05, 0.1) is 24.5 Å². The third-order valence-corrected chi connectivity index (χ3v) is 3.81. The molecule has 0 aliphatic carbocycles. The Morgan fingerprint density at radius 1 is 0.929 bits per heavy atom. The molecule has 0 spiro atoms. The van der Waals surface area contributed by atoms with Crippen molar-refractivity contribution < 1.29 is 14.3 Å². The van der Waals surface area contributed by atoms with Gasteiger partial charge in [0.25, 0.3) is 11.8 Å². The SMILES string of the molecule is CCOc1ccccc1NC(=O)c1cccc(C(=O)NCc2ccccn2)n1. The third-order valence-electron chi connectivity index (χ3n) is 3.81. The van der Waals surface area contributed by atoms with E-state index in [1.54, 1.807) is 48.7 Å². The quantitative estimate of drug-likeness (QED) is 0.661.